The average Bonchev–Trinajstić information content (AvgIpc) is 2.31. The van der Waals surface area contributed by atoms with E-state index in [2.05, 4.69) is 13.8 Å². The molecule has 0 amide bonds. The summed E-state index contributed by atoms with van der Waals surface area (Å²) >= 11 is 0. The van der Waals surface area contributed by atoms with Gasteiger partial charge in [0.25, 0.3) is 0 Å². The van der Waals surface area contributed by atoms with Crippen molar-refractivity contribution in [3.63, 3.8) is 0 Å². The summed E-state index contributed by atoms with van der Waals surface area (Å²) in [6.07, 6.45) is 8.08. The lowest BCUT2D eigenvalue weighted by Crippen LogP contribution is -2.36. The molecule has 74 valence electrons. The van der Waals surface area contributed by atoms with Gasteiger partial charge >= 0.3 is 0 Å². The molecular weight excluding hydrogens is 160 g/mol. The number of hydrogen-bond acceptors (Lipinski definition) is 1. The van der Waals surface area contributed by atoms with Gasteiger partial charge < -0.3 is 0 Å². The Kier molecular flexibility index (Phi) is 2.01. The second-order valence-corrected chi connectivity index (χ2v) is 5.75. The fraction of sp³-hybridized carbons (Fsp3) is 0.917. The third kappa shape index (κ3) is 1.53. The summed E-state index contributed by atoms with van der Waals surface area (Å²) in [6, 6.07) is 0. The minimum Gasteiger partial charge on any atom is -0.299 e. The zero-order valence-corrected chi connectivity index (χ0v) is 8.86. The molecule has 1 spiro atoms. The van der Waals surface area contributed by atoms with Crippen LogP contribution < -0.4 is 0 Å². The number of hydrogen-bond donors (Lipinski definition) is 0. The summed E-state index contributed by atoms with van der Waals surface area (Å²) in [5, 5.41) is 0. The van der Waals surface area contributed by atoms with Gasteiger partial charge in [0.05, 0.1) is 0 Å². The summed E-state index contributed by atoms with van der Waals surface area (Å²) in [5.41, 5.74) is 0.542. The first-order valence-electron chi connectivity index (χ1n) is 5.58. The smallest absolute Gasteiger partial charge is 0.139 e. The van der Waals surface area contributed by atoms with Crippen LogP contribution in [0.25, 0.3) is 0 Å². The van der Waals surface area contributed by atoms with Crippen molar-refractivity contribution in [2.45, 2.75) is 58.8 Å². The molecule has 2 saturated carbocycles. The maximum absolute atomic E-state index is 11.8. The Hall–Kier alpha value is -0.330. The Morgan fingerprint density at radius 1 is 1.08 bits per heavy atom. The molecule has 2 rings (SSSR count). The highest BCUT2D eigenvalue weighted by molar-refractivity contribution is 5.86. The predicted molar refractivity (Wildman–Crippen MR) is 53.5 cm³/mol. The van der Waals surface area contributed by atoms with Crippen LogP contribution in [0.4, 0.5) is 0 Å². The zero-order chi connectivity index (χ0) is 9.53. The van der Waals surface area contributed by atoms with Gasteiger partial charge in [0, 0.05) is 11.8 Å². The molecule has 0 aliphatic heterocycles. The minimum atomic E-state index is 0.127. The van der Waals surface area contributed by atoms with Crippen molar-refractivity contribution in [3.8, 4) is 0 Å². The Morgan fingerprint density at radius 2 is 1.77 bits per heavy atom. The van der Waals surface area contributed by atoms with E-state index in [1.807, 2.05) is 0 Å². The van der Waals surface area contributed by atoms with E-state index in [0.717, 1.165) is 19.3 Å². The van der Waals surface area contributed by atoms with Crippen molar-refractivity contribution in [3.05, 3.63) is 0 Å². The van der Waals surface area contributed by atoms with Crippen molar-refractivity contribution in [2.24, 2.45) is 10.8 Å². The standard InChI is InChI=1S/C12H20O/c1-11(2)6-4-8-12(9-11)7-3-5-10(12)13/h3-9H2,1-2H3/t12-/m0/s1. The molecule has 1 atom stereocenters. The quantitative estimate of drug-likeness (QED) is 0.559. The van der Waals surface area contributed by atoms with E-state index in [0.29, 0.717) is 11.2 Å². The van der Waals surface area contributed by atoms with E-state index in [1.165, 1.54) is 25.7 Å². The molecule has 0 heterocycles. The van der Waals surface area contributed by atoms with Crippen molar-refractivity contribution in [2.75, 3.05) is 0 Å². The highest BCUT2D eigenvalue weighted by Crippen LogP contribution is 2.52. The summed E-state index contributed by atoms with van der Waals surface area (Å²) < 4.78 is 0. The van der Waals surface area contributed by atoms with Gasteiger partial charge in [-0.25, -0.2) is 0 Å². The lowest BCUT2D eigenvalue weighted by atomic mass is 9.62. The molecule has 0 aromatic heterocycles. The summed E-state index contributed by atoms with van der Waals surface area (Å²) in [4.78, 5) is 11.8. The van der Waals surface area contributed by atoms with Crippen LogP contribution in [0.1, 0.15) is 58.8 Å². The van der Waals surface area contributed by atoms with Crippen LogP contribution in [0.2, 0.25) is 0 Å². The fourth-order valence-corrected chi connectivity index (χ4v) is 3.44. The lowest BCUT2D eigenvalue weighted by Gasteiger charge is -2.41. The van der Waals surface area contributed by atoms with E-state index >= 15 is 0 Å². The van der Waals surface area contributed by atoms with E-state index < -0.39 is 0 Å². The zero-order valence-electron chi connectivity index (χ0n) is 8.86. The molecule has 13 heavy (non-hydrogen) atoms. The van der Waals surface area contributed by atoms with Crippen molar-refractivity contribution >= 4 is 5.78 Å². The highest BCUT2D eigenvalue weighted by atomic mass is 16.1. The number of rotatable bonds is 0. The van der Waals surface area contributed by atoms with Gasteiger partial charge in [0.2, 0.25) is 0 Å². The summed E-state index contributed by atoms with van der Waals surface area (Å²) in [6.45, 7) is 4.64. The van der Waals surface area contributed by atoms with Gasteiger partial charge in [-0.05, 0) is 37.5 Å². The number of carbonyl (C=O) groups is 1. The molecule has 0 bridgehead atoms. The van der Waals surface area contributed by atoms with Crippen LogP contribution >= 0.6 is 0 Å². The molecule has 0 aromatic carbocycles. The Bertz CT molecular complexity index is 229. The van der Waals surface area contributed by atoms with Gasteiger partial charge in [0.15, 0.2) is 0 Å². The molecule has 2 fully saturated rings. The van der Waals surface area contributed by atoms with Crippen LogP contribution in [0.5, 0.6) is 0 Å². The van der Waals surface area contributed by atoms with Gasteiger partial charge in [-0.2, -0.15) is 0 Å². The van der Waals surface area contributed by atoms with Crippen LogP contribution in [0, 0.1) is 10.8 Å². The second-order valence-electron chi connectivity index (χ2n) is 5.75. The lowest BCUT2D eigenvalue weighted by molar-refractivity contribution is -0.129. The minimum absolute atomic E-state index is 0.127. The first kappa shape index (κ1) is 9.23. The van der Waals surface area contributed by atoms with Crippen LogP contribution in [0.15, 0.2) is 0 Å². The maximum Gasteiger partial charge on any atom is 0.139 e. The highest BCUT2D eigenvalue weighted by Gasteiger charge is 2.47. The molecule has 2 aliphatic carbocycles. The van der Waals surface area contributed by atoms with E-state index in [9.17, 15) is 4.79 Å². The van der Waals surface area contributed by atoms with Gasteiger partial charge in [-0.3, -0.25) is 4.79 Å². The number of carbonyl (C=O) groups excluding carboxylic acids is 1. The van der Waals surface area contributed by atoms with E-state index in [1.54, 1.807) is 0 Å². The SMILES string of the molecule is CC1(C)CCC[C@@]2(CCCC2=O)C1. The Balaban J connectivity index is 2.18. The average molecular weight is 180 g/mol. The molecule has 0 radical (unpaired) electrons. The molecule has 0 N–H and O–H groups in total. The van der Waals surface area contributed by atoms with Crippen LogP contribution in [-0.4, -0.2) is 5.78 Å². The Morgan fingerprint density at radius 3 is 2.31 bits per heavy atom. The predicted octanol–water partition coefficient (Wildman–Crippen LogP) is 3.33. The molecule has 0 saturated heterocycles. The van der Waals surface area contributed by atoms with Gasteiger partial charge in [-0.1, -0.05) is 20.3 Å². The molecule has 1 heteroatoms. The third-order valence-corrected chi connectivity index (χ3v) is 3.98. The molecule has 2 aliphatic rings. The van der Waals surface area contributed by atoms with E-state index in [4.69, 9.17) is 0 Å². The van der Waals surface area contributed by atoms with Crippen molar-refractivity contribution in [1.82, 2.24) is 0 Å². The van der Waals surface area contributed by atoms with Crippen LogP contribution in [0.3, 0.4) is 0 Å². The Labute approximate surface area is 80.9 Å². The monoisotopic (exact) mass is 180 g/mol. The largest absolute Gasteiger partial charge is 0.299 e. The van der Waals surface area contributed by atoms with Crippen molar-refractivity contribution in [1.29, 1.82) is 0 Å². The van der Waals surface area contributed by atoms with Gasteiger partial charge in [-0.15, -0.1) is 0 Å². The first-order chi connectivity index (χ1) is 6.04. The van der Waals surface area contributed by atoms with Crippen LogP contribution in [-0.2, 0) is 4.79 Å². The van der Waals surface area contributed by atoms with Crippen molar-refractivity contribution < 1.29 is 4.79 Å². The van der Waals surface area contributed by atoms with Gasteiger partial charge in [0.1, 0.15) is 5.78 Å². The second kappa shape index (κ2) is 2.83. The number of ketones is 1. The molecule has 1 nitrogen and oxygen atoms in total. The molecule has 0 aromatic rings. The first-order valence-corrected chi connectivity index (χ1v) is 5.58. The third-order valence-electron chi connectivity index (χ3n) is 3.98. The molecule has 0 unspecified atom stereocenters. The molecular formula is C12H20O. The number of Topliss-reactive ketones (excluding diaryl/α,β-unsaturated/α-hetero) is 1. The normalized spacial score (nSPS) is 38.5. The fourth-order valence-electron chi connectivity index (χ4n) is 3.44. The summed E-state index contributed by atoms with van der Waals surface area (Å²) in [5.74, 6) is 0.570. The summed E-state index contributed by atoms with van der Waals surface area (Å²) in [7, 11) is 0. The maximum atomic E-state index is 11.8. The van der Waals surface area contributed by atoms with E-state index in [-0.39, 0.29) is 5.41 Å². The topological polar surface area (TPSA) is 17.1 Å².